The number of rotatable bonds is 4. The van der Waals surface area contributed by atoms with E-state index in [0.717, 1.165) is 42.8 Å². The number of aromatic nitrogens is 2. The Hall–Kier alpha value is -2.82. The normalized spacial score (nSPS) is 17.0. The summed E-state index contributed by atoms with van der Waals surface area (Å²) in [4.78, 5) is 19.6. The third kappa shape index (κ3) is 3.05. The maximum atomic E-state index is 13.2. The number of carbonyl (C=O) groups excluding carboxylic acids is 1. The zero-order valence-electron chi connectivity index (χ0n) is 15.2. The Morgan fingerprint density at radius 1 is 1.27 bits per heavy atom. The Balaban J connectivity index is 1.55. The first-order valence-electron chi connectivity index (χ1n) is 9.03. The molecule has 3 heterocycles. The number of nitrogens with zero attached hydrogens (tertiary/aromatic N) is 3. The fourth-order valence-corrected chi connectivity index (χ4v) is 3.74. The molecule has 0 radical (unpaired) electrons. The first kappa shape index (κ1) is 16.6. The number of carbonyl (C=O) groups is 1. The van der Waals surface area contributed by atoms with Crippen molar-refractivity contribution in [1.82, 2.24) is 14.3 Å². The summed E-state index contributed by atoms with van der Waals surface area (Å²) >= 11 is 0. The topological polar surface area (TPSA) is 46.8 Å². The van der Waals surface area contributed by atoms with Gasteiger partial charge in [0.05, 0.1) is 13.3 Å². The second kappa shape index (κ2) is 6.83. The van der Waals surface area contributed by atoms with Crippen molar-refractivity contribution in [2.24, 2.45) is 0 Å². The van der Waals surface area contributed by atoms with Gasteiger partial charge in [-0.1, -0.05) is 12.1 Å². The maximum Gasteiger partial charge on any atom is 0.272 e. The fourth-order valence-electron chi connectivity index (χ4n) is 3.74. The molecule has 0 unspecified atom stereocenters. The Kier molecular flexibility index (Phi) is 4.37. The van der Waals surface area contributed by atoms with Gasteiger partial charge in [-0.05, 0) is 61.6 Å². The van der Waals surface area contributed by atoms with Gasteiger partial charge in [0.2, 0.25) is 0 Å². The number of hydrogen-bond donors (Lipinski definition) is 0. The van der Waals surface area contributed by atoms with Crippen LogP contribution in [0.25, 0.3) is 5.65 Å². The van der Waals surface area contributed by atoms with E-state index in [2.05, 4.69) is 17.1 Å². The number of amides is 1. The van der Waals surface area contributed by atoms with E-state index in [9.17, 15) is 4.79 Å². The third-order valence-electron chi connectivity index (χ3n) is 5.16. The number of imidazole rings is 1. The minimum atomic E-state index is 0.0670. The number of aryl methyl sites for hydroxylation is 1. The summed E-state index contributed by atoms with van der Waals surface area (Å²) in [5.74, 6) is 0.923. The first-order chi connectivity index (χ1) is 12.7. The van der Waals surface area contributed by atoms with Gasteiger partial charge in [-0.25, -0.2) is 4.98 Å². The van der Waals surface area contributed by atoms with Gasteiger partial charge >= 0.3 is 0 Å². The summed E-state index contributed by atoms with van der Waals surface area (Å²) in [6.45, 7) is 2.83. The van der Waals surface area contributed by atoms with Crippen molar-refractivity contribution < 1.29 is 9.53 Å². The lowest BCUT2D eigenvalue weighted by Gasteiger charge is -2.24. The van der Waals surface area contributed by atoms with Crippen LogP contribution in [0.1, 0.15) is 34.5 Å². The van der Waals surface area contributed by atoms with E-state index >= 15 is 0 Å². The molecule has 1 aliphatic rings. The highest BCUT2D eigenvalue weighted by Crippen LogP contribution is 2.24. The molecule has 4 rings (SSSR count). The molecule has 1 amide bonds. The number of methoxy groups -OCH3 is 1. The van der Waals surface area contributed by atoms with Crippen LogP contribution in [-0.4, -0.2) is 39.9 Å². The standard InChI is InChI=1S/C21H23N3O2/c1-15-9-11-24-19(14-22-20(24)12-15)21(25)23-10-3-4-17(23)13-16-5-7-18(26-2)8-6-16/h5-9,11-12,14,17H,3-4,10,13H2,1-2H3/t17-/m0/s1. The molecule has 0 N–H and O–H groups in total. The molecule has 26 heavy (non-hydrogen) atoms. The molecule has 0 spiro atoms. The molecule has 5 nitrogen and oxygen atoms in total. The predicted octanol–water partition coefficient (Wildman–Crippen LogP) is 3.50. The van der Waals surface area contributed by atoms with E-state index in [0.29, 0.717) is 5.69 Å². The Labute approximate surface area is 153 Å². The molecule has 0 saturated carbocycles. The lowest BCUT2D eigenvalue weighted by atomic mass is 10.0. The first-order valence-corrected chi connectivity index (χ1v) is 9.03. The molecule has 0 aliphatic carbocycles. The summed E-state index contributed by atoms with van der Waals surface area (Å²) < 4.78 is 7.11. The van der Waals surface area contributed by atoms with E-state index < -0.39 is 0 Å². The third-order valence-corrected chi connectivity index (χ3v) is 5.16. The summed E-state index contributed by atoms with van der Waals surface area (Å²) in [6.07, 6.45) is 6.57. The molecule has 1 aliphatic heterocycles. The van der Waals surface area contributed by atoms with Crippen LogP contribution in [0.2, 0.25) is 0 Å². The van der Waals surface area contributed by atoms with Crippen molar-refractivity contribution in [3.63, 3.8) is 0 Å². The summed E-state index contributed by atoms with van der Waals surface area (Å²) in [5.41, 5.74) is 3.82. The van der Waals surface area contributed by atoms with E-state index in [1.54, 1.807) is 13.3 Å². The van der Waals surface area contributed by atoms with Gasteiger partial charge in [0.25, 0.3) is 5.91 Å². The molecular weight excluding hydrogens is 326 g/mol. The maximum absolute atomic E-state index is 13.2. The van der Waals surface area contributed by atoms with Crippen LogP contribution in [-0.2, 0) is 6.42 Å². The summed E-state index contributed by atoms with van der Waals surface area (Å²) in [6, 6.07) is 12.3. The van der Waals surface area contributed by atoms with E-state index in [-0.39, 0.29) is 11.9 Å². The number of ether oxygens (including phenoxy) is 1. The van der Waals surface area contributed by atoms with Crippen molar-refractivity contribution in [2.45, 2.75) is 32.2 Å². The molecular formula is C21H23N3O2. The van der Waals surface area contributed by atoms with Crippen molar-refractivity contribution in [3.8, 4) is 5.75 Å². The fraction of sp³-hybridized carbons (Fsp3) is 0.333. The van der Waals surface area contributed by atoms with Crippen molar-refractivity contribution in [1.29, 1.82) is 0 Å². The van der Waals surface area contributed by atoms with Crippen molar-refractivity contribution >= 4 is 11.6 Å². The highest BCUT2D eigenvalue weighted by Gasteiger charge is 2.31. The monoisotopic (exact) mass is 349 g/mol. The molecule has 0 bridgehead atoms. The van der Waals surface area contributed by atoms with Gasteiger partial charge in [0.15, 0.2) is 0 Å². The Morgan fingerprint density at radius 3 is 2.85 bits per heavy atom. The van der Waals surface area contributed by atoms with Crippen LogP contribution in [0, 0.1) is 6.92 Å². The smallest absolute Gasteiger partial charge is 0.272 e. The van der Waals surface area contributed by atoms with Crippen molar-refractivity contribution in [2.75, 3.05) is 13.7 Å². The van der Waals surface area contributed by atoms with Crippen LogP contribution in [0.5, 0.6) is 5.75 Å². The van der Waals surface area contributed by atoms with Gasteiger partial charge in [0.1, 0.15) is 17.1 Å². The molecule has 3 aromatic rings. The Morgan fingerprint density at radius 2 is 2.08 bits per heavy atom. The minimum absolute atomic E-state index is 0.0670. The van der Waals surface area contributed by atoms with Gasteiger partial charge < -0.3 is 9.64 Å². The highest BCUT2D eigenvalue weighted by atomic mass is 16.5. The number of fused-ring (bicyclic) bond motifs is 1. The largest absolute Gasteiger partial charge is 0.497 e. The number of likely N-dealkylation sites (tertiary alicyclic amines) is 1. The lowest BCUT2D eigenvalue weighted by Crippen LogP contribution is -2.37. The zero-order chi connectivity index (χ0) is 18.1. The SMILES string of the molecule is COc1ccc(C[C@@H]2CCCN2C(=O)c2cnc3cc(C)ccn23)cc1. The molecule has 1 saturated heterocycles. The molecule has 1 atom stereocenters. The minimum Gasteiger partial charge on any atom is -0.497 e. The zero-order valence-corrected chi connectivity index (χ0v) is 15.2. The van der Waals surface area contributed by atoms with Crippen molar-refractivity contribution in [3.05, 3.63) is 65.6 Å². The average molecular weight is 349 g/mol. The molecule has 2 aromatic heterocycles. The average Bonchev–Trinajstić information content (AvgIpc) is 3.28. The molecule has 134 valence electrons. The second-order valence-electron chi connectivity index (χ2n) is 6.92. The van der Waals surface area contributed by atoms with Gasteiger partial charge in [0, 0.05) is 18.8 Å². The van der Waals surface area contributed by atoms with Crippen LogP contribution in [0.3, 0.4) is 0 Å². The van der Waals surface area contributed by atoms with Crippen LogP contribution >= 0.6 is 0 Å². The molecule has 5 heteroatoms. The highest BCUT2D eigenvalue weighted by molar-refractivity contribution is 5.93. The number of pyridine rings is 1. The van der Waals surface area contributed by atoms with Gasteiger partial charge in [-0.15, -0.1) is 0 Å². The van der Waals surface area contributed by atoms with E-state index in [1.165, 1.54) is 5.56 Å². The summed E-state index contributed by atoms with van der Waals surface area (Å²) in [5, 5.41) is 0. The second-order valence-corrected chi connectivity index (χ2v) is 6.92. The van der Waals surface area contributed by atoms with Crippen LogP contribution in [0.15, 0.2) is 48.8 Å². The number of hydrogen-bond acceptors (Lipinski definition) is 3. The lowest BCUT2D eigenvalue weighted by molar-refractivity contribution is 0.0729. The van der Waals surface area contributed by atoms with Crippen LogP contribution < -0.4 is 4.74 Å². The van der Waals surface area contributed by atoms with Gasteiger partial charge in [-0.3, -0.25) is 9.20 Å². The quantitative estimate of drug-likeness (QED) is 0.724. The van der Waals surface area contributed by atoms with Gasteiger partial charge in [-0.2, -0.15) is 0 Å². The van der Waals surface area contributed by atoms with E-state index in [4.69, 9.17) is 4.74 Å². The van der Waals surface area contributed by atoms with E-state index in [1.807, 2.05) is 46.7 Å². The predicted molar refractivity (Wildman–Crippen MR) is 101 cm³/mol. The molecule has 1 fully saturated rings. The molecule has 1 aromatic carbocycles. The number of benzene rings is 1. The van der Waals surface area contributed by atoms with Crippen LogP contribution in [0.4, 0.5) is 0 Å². The Bertz CT molecular complexity index is 930. The summed E-state index contributed by atoms with van der Waals surface area (Å²) in [7, 11) is 1.67.